The summed E-state index contributed by atoms with van der Waals surface area (Å²) in [5.41, 5.74) is 3.01. The van der Waals surface area contributed by atoms with Crippen LogP contribution in [-0.2, 0) is 10.0 Å². The molecular weight excluding hydrogens is 402 g/mol. The number of sulfonamides is 1. The fourth-order valence-electron chi connectivity index (χ4n) is 3.54. The first-order valence-electron chi connectivity index (χ1n) is 9.68. The van der Waals surface area contributed by atoms with E-state index in [1.165, 1.54) is 10.6 Å². The van der Waals surface area contributed by atoms with Gasteiger partial charge in [0.2, 0.25) is 10.0 Å². The summed E-state index contributed by atoms with van der Waals surface area (Å²) in [6.45, 7) is 4.94. The third-order valence-corrected chi connectivity index (χ3v) is 7.33. The van der Waals surface area contributed by atoms with Gasteiger partial charge in [0.25, 0.3) is 5.91 Å². The van der Waals surface area contributed by atoms with Crippen molar-refractivity contribution in [3.8, 4) is 5.69 Å². The smallest absolute Gasteiger partial charge is 0.253 e. The van der Waals surface area contributed by atoms with Gasteiger partial charge in [-0.2, -0.15) is 9.40 Å². The van der Waals surface area contributed by atoms with E-state index < -0.39 is 10.0 Å². The van der Waals surface area contributed by atoms with Gasteiger partial charge in [-0.05, 0) is 55.3 Å². The van der Waals surface area contributed by atoms with Gasteiger partial charge in [0.15, 0.2) is 0 Å². The molecule has 0 aliphatic carbocycles. The van der Waals surface area contributed by atoms with Crippen LogP contribution in [0.5, 0.6) is 0 Å². The van der Waals surface area contributed by atoms with Gasteiger partial charge in [-0.3, -0.25) is 4.79 Å². The molecule has 1 aromatic heterocycles. The third-order valence-electron chi connectivity index (χ3n) is 5.28. The van der Waals surface area contributed by atoms with Crippen LogP contribution in [0, 0.1) is 13.8 Å². The van der Waals surface area contributed by atoms with Crippen molar-refractivity contribution in [2.45, 2.75) is 18.7 Å². The maximum Gasteiger partial charge on any atom is 0.253 e. The van der Waals surface area contributed by atoms with Gasteiger partial charge < -0.3 is 4.90 Å². The Morgan fingerprint density at radius 1 is 0.967 bits per heavy atom. The molecule has 8 nitrogen and oxygen atoms in total. The number of aromatic nitrogens is 3. The number of piperazine rings is 1. The minimum atomic E-state index is -3.58. The first kappa shape index (κ1) is 20.2. The SMILES string of the molecule is Cc1ccc(C)c(S(=O)(=O)N2CCN(C(=O)c3ccc(-n4cncn4)cc3)CC2)c1. The Kier molecular flexibility index (Phi) is 5.40. The number of amides is 1. The van der Waals surface area contributed by atoms with Crippen molar-refractivity contribution in [1.82, 2.24) is 24.0 Å². The Balaban J connectivity index is 1.44. The molecular formula is C21H23N5O3S. The second-order valence-corrected chi connectivity index (χ2v) is 9.26. The van der Waals surface area contributed by atoms with Crippen molar-refractivity contribution in [2.75, 3.05) is 26.2 Å². The highest BCUT2D eigenvalue weighted by atomic mass is 32.2. The van der Waals surface area contributed by atoms with E-state index in [-0.39, 0.29) is 19.0 Å². The molecule has 0 atom stereocenters. The van der Waals surface area contributed by atoms with Gasteiger partial charge in [0.1, 0.15) is 12.7 Å². The molecule has 4 rings (SSSR count). The monoisotopic (exact) mass is 425 g/mol. The molecule has 0 N–H and O–H groups in total. The number of nitrogens with zero attached hydrogens (tertiary/aromatic N) is 5. The molecule has 2 heterocycles. The number of hydrogen-bond donors (Lipinski definition) is 0. The second kappa shape index (κ2) is 8.00. The van der Waals surface area contributed by atoms with Gasteiger partial charge >= 0.3 is 0 Å². The van der Waals surface area contributed by atoms with E-state index in [0.717, 1.165) is 16.8 Å². The van der Waals surface area contributed by atoms with Crippen LogP contribution >= 0.6 is 0 Å². The molecule has 1 amide bonds. The van der Waals surface area contributed by atoms with E-state index in [4.69, 9.17) is 0 Å². The molecule has 0 saturated carbocycles. The summed E-state index contributed by atoms with van der Waals surface area (Å²) >= 11 is 0. The summed E-state index contributed by atoms with van der Waals surface area (Å²) in [7, 11) is -3.58. The highest BCUT2D eigenvalue weighted by Crippen LogP contribution is 2.23. The fraction of sp³-hybridized carbons (Fsp3) is 0.286. The molecule has 156 valence electrons. The van der Waals surface area contributed by atoms with Crippen molar-refractivity contribution in [2.24, 2.45) is 0 Å². The predicted octanol–water partition coefficient (Wildman–Crippen LogP) is 2.03. The molecule has 0 bridgehead atoms. The van der Waals surface area contributed by atoms with Crippen LogP contribution in [0.3, 0.4) is 0 Å². The lowest BCUT2D eigenvalue weighted by atomic mass is 10.1. The molecule has 0 unspecified atom stereocenters. The lowest BCUT2D eigenvalue weighted by molar-refractivity contribution is 0.0698. The molecule has 2 aromatic carbocycles. The maximum atomic E-state index is 13.1. The summed E-state index contributed by atoms with van der Waals surface area (Å²) in [5, 5.41) is 4.07. The van der Waals surface area contributed by atoms with Gasteiger partial charge in [-0.25, -0.2) is 18.1 Å². The molecule has 1 aliphatic rings. The second-order valence-electron chi connectivity index (χ2n) is 7.35. The predicted molar refractivity (Wildman–Crippen MR) is 112 cm³/mol. The highest BCUT2D eigenvalue weighted by Gasteiger charge is 2.31. The molecule has 9 heteroatoms. The van der Waals surface area contributed by atoms with E-state index in [1.54, 1.807) is 41.0 Å². The Morgan fingerprint density at radius 3 is 2.30 bits per heavy atom. The lowest BCUT2D eigenvalue weighted by Gasteiger charge is -2.34. The largest absolute Gasteiger partial charge is 0.336 e. The van der Waals surface area contributed by atoms with Gasteiger partial charge in [-0.15, -0.1) is 0 Å². The van der Waals surface area contributed by atoms with E-state index in [1.807, 2.05) is 31.2 Å². The Hall–Kier alpha value is -3.04. The van der Waals surface area contributed by atoms with Crippen LogP contribution in [-0.4, -0.2) is 64.5 Å². The summed E-state index contributed by atoms with van der Waals surface area (Å²) in [6.07, 6.45) is 3.04. The summed E-state index contributed by atoms with van der Waals surface area (Å²) in [6, 6.07) is 12.5. The number of carbonyl (C=O) groups excluding carboxylic acids is 1. The van der Waals surface area contributed by atoms with Crippen LogP contribution in [0.2, 0.25) is 0 Å². The Morgan fingerprint density at radius 2 is 1.67 bits per heavy atom. The van der Waals surface area contributed by atoms with Gasteiger partial charge in [0.05, 0.1) is 10.6 Å². The maximum absolute atomic E-state index is 13.1. The summed E-state index contributed by atoms with van der Waals surface area (Å²) < 4.78 is 29.2. The molecule has 3 aromatic rings. The Bertz CT molecular complexity index is 1150. The van der Waals surface area contributed by atoms with E-state index in [0.29, 0.717) is 23.5 Å². The van der Waals surface area contributed by atoms with Crippen molar-refractivity contribution >= 4 is 15.9 Å². The normalized spacial score (nSPS) is 15.3. The van der Waals surface area contributed by atoms with Crippen molar-refractivity contribution < 1.29 is 13.2 Å². The topological polar surface area (TPSA) is 88.4 Å². The van der Waals surface area contributed by atoms with Gasteiger partial charge in [0, 0.05) is 31.7 Å². The first-order valence-corrected chi connectivity index (χ1v) is 11.1. The number of benzene rings is 2. The number of rotatable bonds is 4. The number of hydrogen-bond acceptors (Lipinski definition) is 5. The third kappa shape index (κ3) is 3.86. The van der Waals surface area contributed by atoms with Crippen molar-refractivity contribution in [3.05, 3.63) is 71.8 Å². The van der Waals surface area contributed by atoms with Crippen molar-refractivity contribution in [3.63, 3.8) is 0 Å². The minimum absolute atomic E-state index is 0.107. The highest BCUT2D eigenvalue weighted by molar-refractivity contribution is 7.89. The van der Waals surface area contributed by atoms with Crippen LogP contribution in [0.25, 0.3) is 5.69 Å². The molecule has 1 aliphatic heterocycles. The molecule has 0 radical (unpaired) electrons. The Labute approximate surface area is 175 Å². The quantitative estimate of drug-likeness (QED) is 0.638. The van der Waals surface area contributed by atoms with Gasteiger partial charge in [-0.1, -0.05) is 12.1 Å². The zero-order valence-electron chi connectivity index (χ0n) is 16.9. The van der Waals surface area contributed by atoms with E-state index >= 15 is 0 Å². The van der Waals surface area contributed by atoms with E-state index in [2.05, 4.69) is 10.1 Å². The van der Waals surface area contributed by atoms with Crippen LogP contribution in [0.15, 0.2) is 60.0 Å². The molecule has 0 spiro atoms. The van der Waals surface area contributed by atoms with E-state index in [9.17, 15) is 13.2 Å². The van der Waals surface area contributed by atoms with Crippen LogP contribution < -0.4 is 0 Å². The average molecular weight is 426 g/mol. The first-order chi connectivity index (χ1) is 14.4. The fourth-order valence-corrected chi connectivity index (χ4v) is 5.27. The standard InChI is InChI=1S/C21H23N5O3S/c1-16-3-4-17(2)20(13-16)30(28,29)25-11-9-24(10-12-25)21(27)18-5-7-19(8-6-18)26-15-22-14-23-26/h3-8,13-15H,9-12H2,1-2H3. The van der Waals surface area contributed by atoms with Crippen molar-refractivity contribution in [1.29, 1.82) is 0 Å². The molecule has 1 fully saturated rings. The van der Waals surface area contributed by atoms with Crippen LogP contribution in [0.1, 0.15) is 21.5 Å². The zero-order chi connectivity index (χ0) is 21.3. The number of aryl methyl sites for hydroxylation is 2. The van der Waals surface area contributed by atoms with Crippen LogP contribution in [0.4, 0.5) is 0 Å². The molecule has 30 heavy (non-hydrogen) atoms. The average Bonchev–Trinajstić information content (AvgIpc) is 3.30. The zero-order valence-corrected chi connectivity index (χ0v) is 17.7. The summed E-state index contributed by atoms with van der Waals surface area (Å²) in [5.74, 6) is -0.107. The molecule has 1 saturated heterocycles. The summed E-state index contributed by atoms with van der Waals surface area (Å²) in [4.78, 5) is 18.8. The number of carbonyl (C=O) groups is 1. The minimum Gasteiger partial charge on any atom is -0.336 e. The lowest BCUT2D eigenvalue weighted by Crippen LogP contribution is -2.50.